The van der Waals surface area contributed by atoms with E-state index < -0.39 is 0 Å². The van der Waals surface area contributed by atoms with Gasteiger partial charge in [-0.1, -0.05) is 88.4 Å². The van der Waals surface area contributed by atoms with Gasteiger partial charge < -0.3 is 4.74 Å². The van der Waals surface area contributed by atoms with Crippen molar-refractivity contribution in [3.63, 3.8) is 0 Å². The summed E-state index contributed by atoms with van der Waals surface area (Å²) < 4.78 is 5.59. The van der Waals surface area contributed by atoms with Gasteiger partial charge in [-0.2, -0.15) is 0 Å². The van der Waals surface area contributed by atoms with Gasteiger partial charge in [-0.3, -0.25) is 0 Å². The molecule has 0 aliphatic carbocycles. The third-order valence-electron chi connectivity index (χ3n) is 4.16. The van der Waals surface area contributed by atoms with Crippen LogP contribution in [0.4, 0.5) is 0 Å². The molecular weight excluding hydrogens is 280 g/mol. The molecule has 0 radical (unpaired) electrons. The van der Waals surface area contributed by atoms with E-state index >= 15 is 0 Å². The number of rotatable bonds is 6. The highest BCUT2D eigenvalue weighted by Crippen LogP contribution is 2.25. The Bertz CT molecular complexity index is 589. The van der Waals surface area contributed by atoms with Gasteiger partial charge in [0.1, 0.15) is 0 Å². The highest BCUT2D eigenvalue weighted by molar-refractivity contribution is 5.29. The molecule has 2 aromatic rings. The molecule has 2 rings (SSSR count). The maximum Gasteiger partial charge on any atom is 0.0870 e. The first-order valence-corrected chi connectivity index (χ1v) is 8.04. The van der Waals surface area contributed by atoms with Crippen LogP contribution in [0, 0.1) is 0 Å². The summed E-state index contributed by atoms with van der Waals surface area (Å²) in [6.45, 7) is 8.72. The summed E-state index contributed by atoms with van der Waals surface area (Å²) in [7, 11) is 0. The first kappa shape index (κ1) is 17.1. The largest absolute Gasteiger partial charge is 0.473 e. The molecule has 0 amide bonds. The summed E-state index contributed by atoms with van der Waals surface area (Å²) in [6.07, 6.45) is 7.71. The molecule has 0 spiro atoms. The summed E-state index contributed by atoms with van der Waals surface area (Å²) in [5, 5.41) is 0. The Morgan fingerprint density at radius 2 is 0.957 bits per heavy atom. The molecule has 0 heterocycles. The van der Waals surface area contributed by atoms with Crippen molar-refractivity contribution in [2.75, 3.05) is 0 Å². The van der Waals surface area contributed by atoms with Gasteiger partial charge in [0.25, 0.3) is 0 Å². The van der Waals surface area contributed by atoms with Gasteiger partial charge in [-0.25, -0.2) is 0 Å². The summed E-state index contributed by atoms with van der Waals surface area (Å²) in [6, 6.07) is 20.9. The Labute approximate surface area is 140 Å². The molecule has 0 unspecified atom stereocenters. The third-order valence-corrected chi connectivity index (χ3v) is 4.16. The van der Waals surface area contributed by atoms with Crippen LogP contribution in [0.1, 0.15) is 38.8 Å². The maximum absolute atomic E-state index is 5.59. The fourth-order valence-electron chi connectivity index (χ4n) is 2.39. The van der Waals surface area contributed by atoms with Crippen LogP contribution in [0.15, 0.2) is 85.3 Å². The molecule has 0 saturated carbocycles. The van der Waals surface area contributed by atoms with E-state index in [1.54, 1.807) is 12.5 Å². The number of hydrogen-bond acceptors (Lipinski definition) is 1. The summed E-state index contributed by atoms with van der Waals surface area (Å²) >= 11 is 0. The quantitative estimate of drug-likeness (QED) is 0.596. The van der Waals surface area contributed by atoms with Crippen molar-refractivity contribution >= 4 is 0 Å². The summed E-state index contributed by atoms with van der Waals surface area (Å²) in [5.41, 5.74) is 2.44. The zero-order valence-electron chi connectivity index (χ0n) is 14.5. The molecule has 0 N–H and O–H groups in total. The normalized spacial score (nSPS) is 12.9. The number of benzene rings is 2. The van der Waals surface area contributed by atoms with E-state index in [4.69, 9.17) is 4.74 Å². The highest BCUT2D eigenvalue weighted by atomic mass is 16.5. The van der Waals surface area contributed by atoms with Gasteiger partial charge in [0.15, 0.2) is 0 Å². The molecule has 0 bridgehead atoms. The van der Waals surface area contributed by atoms with Crippen molar-refractivity contribution in [1.29, 1.82) is 0 Å². The fourth-order valence-corrected chi connectivity index (χ4v) is 2.39. The second-order valence-corrected chi connectivity index (χ2v) is 6.92. The second kappa shape index (κ2) is 7.32. The molecule has 23 heavy (non-hydrogen) atoms. The molecule has 120 valence electrons. The minimum atomic E-state index is -0.0515. The Kier molecular flexibility index (Phi) is 5.44. The third kappa shape index (κ3) is 4.85. The van der Waals surface area contributed by atoms with Gasteiger partial charge in [0, 0.05) is 10.8 Å². The zero-order valence-corrected chi connectivity index (χ0v) is 14.5. The van der Waals surface area contributed by atoms with E-state index in [2.05, 4.69) is 88.4 Å². The van der Waals surface area contributed by atoms with Crippen LogP contribution in [0.5, 0.6) is 0 Å². The molecule has 1 heteroatoms. The summed E-state index contributed by atoms with van der Waals surface area (Å²) in [4.78, 5) is 0. The molecule has 0 aromatic heterocycles. The van der Waals surface area contributed by atoms with Crippen LogP contribution < -0.4 is 0 Å². The lowest BCUT2D eigenvalue weighted by atomic mass is 9.85. The SMILES string of the molecule is CC(C)(C=COC=CC(C)(C)c1ccccc1)c1ccccc1. The predicted octanol–water partition coefficient (Wildman–Crippen LogP) is 5.99. The van der Waals surface area contributed by atoms with Crippen LogP contribution in [-0.4, -0.2) is 0 Å². The van der Waals surface area contributed by atoms with Crippen LogP contribution in [0.2, 0.25) is 0 Å². The molecule has 0 aliphatic heterocycles. The molecule has 0 atom stereocenters. The van der Waals surface area contributed by atoms with Gasteiger partial charge >= 0.3 is 0 Å². The molecule has 0 fully saturated rings. The number of hydrogen-bond donors (Lipinski definition) is 0. The Balaban J connectivity index is 1.96. The van der Waals surface area contributed by atoms with Gasteiger partial charge in [0.05, 0.1) is 12.5 Å². The molecular formula is C22H26O. The molecule has 1 nitrogen and oxygen atoms in total. The lowest BCUT2D eigenvalue weighted by molar-refractivity contribution is 0.389. The predicted molar refractivity (Wildman–Crippen MR) is 98.3 cm³/mol. The van der Waals surface area contributed by atoms with E-state index in [1.165, 1.54) is 11.1 Å². The highest BCUT2D eigenvalue weighted by Gasteiger charge is 2.17. The van der Waals surface area contributed by atoms with E-state index in [1.807, 2.05) is 12.1 Å². The van der Waals surface area contributed by atoms with Crippen LogP contribution in [0.3, 0.4) is 0 Å². The Hall–Kier alpha value is -2.28. The van der Waals surface area contributed by atoms with E-state index in [0.717, 1.165) is 0 Å². The van der Waals surface area contributed by atoms with E-state index in [-0.39, 0.29) is 10.8 Å². The van der Waals surface area contributed by atoms with E-state index in [9.17, 15) is 0 Å². The average Bonchev–Trinajstić information content (AvgIpc) is 2.56. The van der Waals surface area contributed by atoms with Gasteiger partial charge in [-0.15, -0.1) is 0 Å². The summed E-state index contributed by atoms with van der Waals surface area (Å²) in [5.74, 6) is 0. The smallest absolute Gasteiger partial charge is 0.0870 e. The monoisotopic (exact) mass is 306 g/mol. The van der Waals surface area contributed by atoms with Crippen molar-refractivity contribution in [3.05, 3.63) is 96.5 Å². The maximum atomic E-state index is 5.59. The van der Waals surface area contributed by atoms with Crippen LogP contribution >= 0.6 is 0 Å². The fraction of sp³-hybridized carbons (Fsp3) is 0.273. The lowest BCUT2D eigenvalue weighted by Crippen LogP contribution is -2.13. The van der Waals surface area contributed by atoms with Crippen molar-refractivity contribution in [3.8, 4) is 0 Å². The number of allylic oxidation sites excluding steroid dienone is 2. The Morgan fingerprint density at radius 1 is 0.609 bits per heavy atom. The van der Waals surface area contributed by atoms with Crippen LogP contribution in [0.25, 0.3) is 0 Å². The minimum absolute atomic E-state index is 0.0515. The Morgan fingerprint density at radius 3 is 1.30 bits per heavy atom. The number of ether oxygens (including phenoxy) is 1. The van der Waals surface area contributed by atoms with Crippen molar-refractivity contribution < 1.29 is 4.74 Å². The lowest BCUT2D eigenvalue weighted by Gasteiger charge is -2.21. The first-order valence-electron chi connectivity index (χ1n) is 8.04. The molecule has 0 aliphatic rings. The van der Waals surface area contributed by atoms with Crippen molar-refractivity contribution in [2.45, 2.75) is 38.5 Å². The zero-order chi connectivity index (χ0) is 16.8. The van der Waals surface area contributed by atoms with Gasteiger partial charge in [0.2, 0.25) is 0 Å². The average molecular weight is 306 g/mol. The standard InChI is InChI=1S/C22H26O/c1-21(2,19-11-7-5-8-12-19)15-17-23-18-16-22(3,4)20-13-9-6-10-14-20/h5-18H,1-4H3. The second-order valence-electron chi connectivity index (χ2n) is 6.92. The van der Waals surface area contributed by atoms with Crippen molar-refractivity contribution in [2.24, 2.45) is 0 Å². The van der Waals surface area contributed by atoms with Crippen molar-refractivity contribution in [1.82, 2.24) is 0 Å². The topological polar surface area (TPSA) is 9.23 Å². The molecule has 2 aromatic carbocycles. The van der Waals surface area contributed by atoms with Crippen LogP contribution in [-0.2, 0) is 15.6 Å². The van der Waals surface area contributed by atoms with Gasteiger partial charge in [-0.05, 0) is 23.3 Å². The molecule has 0 saturated heterocycles. The minimum Gasteiger partial charge on any atom is -0.473 e. The van der Waals surface area contributed by atoms with E-state index in [0.29, 0.717) is 0 Å². The first-order chi connectivity index (χ1) is 10.9.